The molecule has 0 bridgehead atoms. The van der Waals surface area contributed by atoms with Crippen molar-refractivity contribution in [1.82, 2.24) is 35.7 Å². The first kappa shape index (κ1) is 30.2. The van der Waals surface area contributed by atoms with Crippen LogP contribution in [0.2, 0.25) is 0 Å². The number of carbonyl (C=O) groups excluding carboxylic acids is 2. The van der Waals surface area contributed by atoms with E-state index in [1.165, 1.54) is 6.33 Å². The molecule has 1 aliphatic rings. The van der Waals surface area contributed by atoms with Gasteiger partial charge in [0.1, 0.15) is 23.9 Å². The van der Waals surface area contributed by atoms with Gasteiger partial charge in [-0.05, 0) is 56.5 Å². The maximum Gasteiger partial charge on any atom is 0.247 e. The first-order valence-corrected chi connectivity index (χ1v) is 14.6. The fourth-order valence-corrected chi connectivity index (χ4v) is 5.45. The molecule has 1 fully saturated rings. The Morgan fingerprint density at radius 2 is 2.00 bits per heavy atom. The van der Waals surface area contributed by atoms with Gasteiger partial charge in [0.2, 0.25) is 11.8 Å². The highest BCUT2D eigenvalue weighted by Crippen LogP contribution is 2.34. The Balaban J connectivity index is 1.39. The fourth-order valence-electron chi connectivity index (χ4n) is 5.45. The van der Waals surface area contributed by atoms with Gasteiger partial charge in [-0.2, -0.15) is 5.10 Å². The third kappa shape index (κ3) is 6.55. The number of aromatic nitrogens is 4. The number of anilines is 3. The van der Waals surface area contributed by atoms with Gasteiger partial charge >= 0.3 is 0 Å². The highest BCUT2D eigenvalue weighted by atomic mass is 16.5. The zero-order valence-electron chi connectivity index (χ0n) is 25.6. The first-order valence-electron chi connectivity index (χ1n) is 14.6. The van der Waals surface area contributed by atoms with E-state index in [1.807, 2.05) is 52.1 Å². The molecule has 5 N–H and O–H groups in total. The van der Waals surface area contributed by atoms with Crippen LogP contribution in [0.4, 0.5) is 17.2 Å². The zero-order chi connectivity index (χ0) is 30.7. The molecule has 0 unspecified atom stereocenters. The van der Waals surface area contributed by atoms with Crippen LogP contribution in [0, 0.1) is 5.41 Å². The molecule has 0 saturated carbocycles. The van der Waals surface area contributed by atoms with Crippen molar-refractivity contribution >= 4 is 50.8 Å². The van der Waals surface area contributed by atoms with Crippen LogP contribution >= 0.6 is 0 Å². The molecule has 1 saturated heterocycles. The van der Waals surface area contributed by atoms with Crippen molar-refractivity contribution < 1.29 is 14.3 Å². The van der Waals surface area contributed by atoms with Gasteiger partial charge in [0.05, 0.1) is 36.1 Å². The summed E-state index contributed by atoms with van der Waals surface area (Å²) in [5, 5.41) is 21.8. The molecule has 2 aromatic carbocycles. The number of ether oxygens (including phenoxy) is 1. The highest BCUT2D eigenvalue weighted by Gasteiger charge is 2.41. The van der Waals surface area contributed by atoms with E-state index in [-0.39, 0.29) is 23.3 Å². The minimum Gasteiger partial charge on any atom is -0.494 e. The van der Waals surface area contributed by atoms with Gasteiger partial charge in [0.15, 0.2) is 0 Å². The normalized spacial score (nSPS) is 16.8. The van der Waals surface area contributed by atoms with Gasteiger partial charge < -0.3 is 30.9 Å². The number of likely N-dealkylation sites (N-methyl/N-ethyl adjacent to an activating group) is 1. The molecule has 228 valence electrons. The monoisotopic (exact) mass is 587 g/mol. The average Bonchev–Trinajstić information content (AvgIpc) is 3.66. The Kier molecular flexibility index (Phi) is 8.79. The van der Waals surface area contributed by atoms with E-state index in [9.17, 15) is 9.59 Å². The van der Waals surface area contributed by atoms with Crippen molar-refractivity contribution in [2.75, 3.05) is 37.9 Å². The summed E-state index contributed by atoms with van der Waals surface area (Å²) in [4.78, 5) is 38.2. The van der Waals surface area contributed by atoms with E-state index >= 15 is 0 Å². The number of amides is 2. The van der Waals surface area contributed by atoms with E-state index in [4.69, 9.17) is 4.74 Å². The number of nitrogens with one attached hydrogen (secondary N) is 5. The predicted molar refractivity (Wildman–Crippen MR) is 169 cm³/mol. The van der Waals surface area contributed by atoms with Crippen LogP contribution < -0.4 is 26.0 Å². The van der Waals surface area contributed by atoms with Gasteiger partial charge in [-0.3, -0.25) is 14.7 Å². The second kappa shape index (κ2) is 12.5. The van der Waals surface area contributed by atoms with Crippen LogP contribution in [0.5, 0.6) is 5.75 Å². The fraction of sp³-hybridized carbons (Fsp3) is 0.452. The molecule has 2 aromatic heterocycles. The molecular weight excluding hydrogens is 546 g/mol. The third-order valence-corrected chi connectivity index (χ3v) is 7.99. The summed E-state index contributed by atoms with van der Waals surface area (Å²) in [6, 6.07) is 8.62. The second-order valence-electron chi connectivity index (χ2n) is 12.2. The Bertz CT molecular complexity index is 1610. The molecule has 0 spiro atoms. The molecule has 3 heterocycles. The van der Waals surface area contributed by atoms with Crippen molar-refractivity contribution in [1.29, 1.82) is 0 Å². The van der Waals surface area contributed by atoms with Gasteiger partial charge in [-0.15, -0.1) is 0 Å². The van der Waals surface area contributed by atoms with Crippen LogP contribution in [0.15, 0.2) is 42.9 Å². The lowest BCUT2D eigenvalue weighted by molar-refractivity contribution is -0.140. The Hall–Kier alpha value is -4.29. The van der Waals surface area contributed by atoms with Crippen LogP contribution in [-0.2, 0) is 9.59 Å². The van der Waals surface area contributed by atoms with Gasteiger partial charge in [-0.25, -0.2) is 9.97 Å². The number of H-pyrrole nitrogens is 1. The standard InChI is InChI=1S/C31H41N9O3/c1-18(32-5)15-33-27(31(2,3)4)30(42)40-11-7-8-25(40)29(41)38-24-13-21-23(14-26(24)43-6)34-17-35-28(21)37-20-9-10-22-19(12-20)16-36-39-22/h9-10,12-14,16-18,25,27,32-33H,7-8,11,15H2,1-6H3,(H,36,39)(H,38,41)(H,34,35,37)/t18-,25-,27+/m0/s1. The van der Waals surface area contributed by atoms with E-state index in [0.717, 1.165) is 23.0 Å². The molecule has 4 aromatic rings. The molecule has 0 radical (unpaired) electrons. The summed E-state index contributed by atoms with van der Waals surface area (Å²) in [6.45, 7) is 9.35. The number of benzene rings is 2. The Morgan fingerprint density at radius 1 is 1.19 bits per heavy atom. The van der Waals surface area contributed by atoms with Gasteiger partial charge in [0.25, 0.3) is 0 Å². The summed E-state index contributed by atoms with van der Waals surface area (Å²) in [5.41, 5.74) is 2.58. The van der Waals surface area contributed by atoms with E-state index in [1.54, 1.807) is 24.3 Å². The molecule has 3 atom stereocenters. The number of hydrogen-bond acceptors (Lipinski definition) is 9. The second-order valence-corrected chi connectivity index (χ2v) is 12.2. The maximum atomic E-state index is 13.8. The van der Waals surface area contributed by atoms with Crippen LogP contribution in [-0.4, -0.2) is 82.3 Å². The van der Waals surface area contributed by atoms with E-state index in [2.05, 4.69) is 48.4 Å². The Morgan fingerprint density at radius 3 is 2.74 bits per heavy atom. The van der Waals surface area contributed by atoms with Crippen molar-refractivity contribution in [3.05, 3.63) is 42.9 Å². The lowest BCUT2D eigenvalue weighted by Crippen LogP contribution is -2.57. The summed E-state index contributed by atoms with van der Waals surface area (Å²) in [5.74, 6) is 0.736. The molecular formula is C31H41N9O3. The summed E-state index contributed by atoms with van der Waals surface area (Å²) < 4.78 is 5.63. The van der Waals surface area contributed by atoms with Gasteiger partial charge in [0, 0.05) is 41.7 Å². The van der Waals surface area contributed by atoms with Gasteiger partial charge in [-0.1, -0.05) is 20.8 Å². The smallest absolute Gasteiger partial charge is 0.247 e. The molecule has 0 aliphatic carbocycles. The van der Waals surface area contributed by atoms with Crippen molar-refractivity contribution in [3.63, 3.8) is 0 Å². The number of likely N-dealkylation sites (tertiary alicyclic amines) is 1. The average molecular weight is 588 g/mol. The summed E-state index contributed by atoms with van der Waals surface area (Å²) in [6.07, 6.45) is 4.59. The van der Waals surface area contributed by atoms with Crippen LogP contribution in [0.25, 0.3) is 21.8 Å². The highest BCUT2D eigenvalue weighted by molar-refractivity contribution is 6.03. The maximum absolute atomic E-state index is 13.8. The first-order chi connectivity index (χ1) is 20.6. The topological polar surface area (TPSA) is 149 Å². The molecule has 2 amide bonds. The molecule has 43 heavy (non-hydrogen) atoms. The number of rotatable bonds is 10. The van der Waals surface area contributed by atoms with E-state index in [0.29, 0.717) is 47.7 Å². The number of fused-ring (bicyclic) bond motifs is 2. The lowest BCUT2D eigenvalue weighted by Gasteiger charge is -2.36. The van der Waals surface area contributed by atoms with Crippen molar-refractivity contribution in [2.45, 2.75) is 58.7 Å². The lowest BCUT2D eigenvalue weighted by atomic mass is 9.85. The Labute approximate surface area is 251 Å². The number of methoxy groups -OCH3 is 1. The number of carbonyl (C=O) groups is 2. The summed E-state index contributed by atoms with van der Waals surface area (Å²) >= 11 is 0. The predicted octanol–water partition coefficient (Wildman–Crippen LogP) is 3.80. The van der Waals surface area contributed by atoms with Crippen LogP contribution in [0.3, 0.4) is 0 Å². The van der Waals surface area contributed by atoms with Crippen molar-refractivity contribution in [2.24, 2.45) is 5.41 Å². The van der Waals surface area contributed by atoms with E-state index < -0.39 is 12.1 Å². The molecule has 12 nitrogen and oxygen atoms in total. The number of hydrogen-bond donors (Lipinski definition) is 5. The minimum absolute atomic E-state index is 0.0617. The van der Waals surface area contributed by atoms with Crippen LogP contribution in [0.1, 0.15) is 40.5 Å². The zero-order valence-corrected chi connectivity index (χ0v) is 25.6. The minimum atomic E-state index is -0.590. The SMILES string of the molecule is CN[C@@H](C)CN[C@H](C(=O)N1CCC[C@H]1C(=O)Nc1cc2c(Nc3ccc4[nH]ncc4c3)ncnc2cc1OC)C(C)(C)C. The number of nitrogens with zero attached hydrogens (tertiary/aromatic N) is 4. The summed E-state index contributed by atoms with van der Waals surface area (Å²) in [7, 11) is 3.45. The molecule has 1 aliphatic heterocycles. The quantitative estimate of drug-likeness (QED) is 0.187. The molecule has 12 heteroatoms. The largest absolute Gasteiger partial charge is 0.494 e. The molecule has 5 rings (SSSR count). The third-order valence-electron chi connectivity index (χ3n) is 7.99. The number of aromatic amines is 1. The van der Waals surface area contributed by atoms with Crippen molar-refractivity contribution in [3.8, 4) is 5.75 Å².